The van der Waals surface area contributed by atoms with Crippen molar-refractivity contribution < 1.29 is 4.74 Å². The van der Waals surface area contributed by atoms with Crippen LogP contribution in [0.5, 0.6) is 5.75 Å². The summed E-state index contributed by atoms with van der Waals surface area (Å²) in [6.07, 6.45) is 0. The van der Waals surface area contributed by atoms with E-state index < -0.39 is 0 Å². The zero-order valence-corrected chi connectivity index (χ0v) is 8.87. The van der Waals surface area contributed by atoms with Crippen LogP contribution in [0.2, 0.25) is 0 Å². The van der Waals surface area contributed by atoms with Gasteiger partial charge in [0, 0.05) is 9.58 Å². The third kappa shape index (κ3) is 1.42. The Kier molecular flexibility index (Phi) is 2.00. The highest BCUT2D eigenvalue weighted by molar-refractivity contribution is 7.19. The summed E-state index contributed by atoms with van der Waals surface area (Å²) in [6, 6.07) is 6.49. The maximum Gasteiger partial charge on any atom is 0.122 e. The summed E-state index contributed by atoms with van der Waals surface area (Å²) in [4.78, 5) is 1.35. The van der Waals surface area contributed by atoms with Crippen LogP contribution in [-0.2, 0) is 0 Å². The van der Waals surface area contributed by atoms with Crippen LogP contribution in [-0.4, -0.2) is 7.11 Å². The molecule has 0 aliphatic heterocycles. The molecule has 68 valence electrons. The molecule has 1 aromatic heterocycles. The minimum absolute atomic E-state index is 0.977. The van der Waals surface area contributed by atoms with E-state index in [1.165, 1.54) is 20.5 Å². The quantitative estimate of drug-likeness (QED) is 0.671. The number of methoxy groups -OCH3 is 1. The van der Waals surface area contributed by atoms with Crippen molar-refractivity contribution in [2.75, 3.05) is 7.11 Å². The van der Waals surface area contributed by atoms with Gasteiger partial charge in [-0.15, -0.1) is 11.3 Å². The lowest BCUT2D eigenvalue weighted by atomic mass is 10.2. The summed E-state index contributed by atoms with van der Waals surface area (Å²) in [7, 11) is 1.72. The van der Waals surface area contributed by atoms with Crippen LogP contribution in [0.25, 0.3) is 10.1 Å². The predicted octanol–water partition coefficient (Wildman–Crippen LogP) is 3.53. The fraction of sp³-hybridized carbons (Fsp3) is 0.273. The minimum Gasteiger partial charge on any atom is -0.496 e. The monoisotopic (exact) mass is 192 g/mol. The normalized spacial score (nSPS) is 10.7. The molecule has 1 aromatic carbocycles. The third-order valence-corrected chi connectivity index (χ3v) is 3.17. The van der Waals surface area contributed by atoms with Gasteiger partial charge < -0.3 is 4.74 Å². The molecule has 13 heavy (non-hydrogen) atoms. The van der Waals surface area contributed by atoms with E-state index in [-0.39, 0.29) is 0 Å². The SMILES string of the molecule is COc1cc2cc(C)sc2cc1C. The van der Waals surface area contributed by atoms with Crippen molar-refractivity contribution in [2.45, 2.75) is 13.8 Å². The van der Waals surface area contributed by atoms with Gasteiger partial charge in [-0.2, -0.15) is 0 Å². The zero-order valence-electron chi connectivity index (χ0n) is 8.05. The number of ether oxygens (including phenoxy) is 1. The Balaban J connectivity index is 2.72. The molecule has 1 nitrogen and oxygen atoms in total. The van der Waals surface area contributed by atoms with Crippen LogP contribution in [0.4, 0.5) is 0 Å². The first-order chi connectivity index (χ1) is 6.20. The van der Waals surface area contributed by atoms with Crippen LogP contribution in [0.15, 0.2) is 18.2 Å². The number of aryl methyl sites for hydroxylation is 2. The molecule has 0 fully saturated rings. The maximum atomic E-state index is 5.27. The third-order valence-electron chi connectivity index (χ3n) is 2.16. The molecule has 0 N–H and O–H groups in total. The second-order valence-corrected chi connectivity index (χ2v) is 4.50. The minimum atomic E-state index is 0.977. The number of fused-ring (bicyclic) bond motifs is 1. The van der Waals surface area contributed by atoms with Gasteiger partial charge in [0.05, 0.1) is 7.11 Å². The van der Waals surface area contributed by atoms with Gasteiger partial charge in [0.1, 0.15) is 5.75 Å². The van der Waals surface area contributed by atoms with Gasteiger partial charge in [-0.05, 0) is 43.0 Å². The van der Waals surface area contributed by atoms with Crippen molar-refractivity contribution in [2.24, 2.45) is 0 Å². The van der Waals surface area contributed by atoms with E-state index in [9.17, 15) is 0 Å². The molecule has 0 atom stereocenters. The molecule has 0 radical (unpaired) electrons. The van der Waals surface area contributed by atoms with E-state index in [1.54, 1.807) is 7.11 Å². The summed E-state index contributed by atoms with van der Waals surface area (Å²) in [6.45, 7) is 4.21. The lowest BCUT2D eigenvalue weighted by Crippen LogP contribution is -1.85. The van der Waals surface area contributed by atoms with Crippen molar-refractivity contribution in [3.8, 4) is 5.75 Å². The summed E-state index contributed by atoms with van der Waals surface area (Å²) in [5, 5.41) is 1.28. The smallest absolute Gasteiger partial charge is 0.122 e. The number of hydrogen-bond donors (Lipinski definition) is 0. The summed E-state index contributed by atoms with van der Waals surface area (Å²) in [5.74, 6) is 0.977. The first kappa shape index (κ1) is 8.57. The van der Waals surface area contributed by atoms with Gasteiger partial charge >= 0.3 is 0 Å². The van der Waals surface area contributed by atoms with E-state index in [0.717, 1.165) is 5.75 Å². The molecule has 1 heterocycles. The summed E-state index contributed by atoms with van der Waals surface area (Å²) >= 11 is 1.83. The van der Waals surface area contributed by atoms with Crippen molar-refractivity contribution >= 4 is 21.4 Å². The van der Waals surface area contributed by atoms with Crippen molar-refractivity contribution in [3.63, 3.8) is 0 Å². The second kappa shape index (κ2) is 3.04. The van der Waals surface area contributed by atoms with Crippen LogP contribution in [0.1, 0.15) is 10.4 Å². The lowest BCUT2D eigenvalue weighted by Gasteiger charge is -2.03. The van der Waals surface area contributed by atoms with Crippen LogP contribution in [0.3, 0.4) is 0 Å². The molecule has 0 aliphatic carbocycles. The molecule has 0 saturated carbocycles. The van der Waals surface area contributed by atoms with Gasteiger partial charge in [-0.1, -0.05) is 0 Å². The first-order valence-electron chi connectivity index (χ1n) is 4.25. The Hall–Kier alpha value is -1.02. The molecule has 2 aromatic rings. The Morgan fingerprint density at radius 2 is 1.92 bits per heavy atom. The van der Waals surface area contributed by atoms with Gasteiger partial charge in [0.15, 0.2) is 0 Å². The Bertz CT molecular complexity index is 443. The van der Waals surface area contributed by atoms with Crippen LogP contribution >= 0.6 is 11.3 Å². The average molecular weight is 192 g/mol. The zero-order chi connectivity index (χ0) is 9.42. The standard InChI is InChI=1S/C11H12OS/c1-7-4-11-9(5-8(2)13-11)6-10(7)12-3/h4-6H,1-3H3. The second-order valence-electron chi connectivity index (χ2n) is 3.22. The Morgan fingerprint density at radius 1 is 1.15 bits per heavy atom. The molecular formula is C11H12OS. The molecule has 0 spiro atoms. The molecule has 0 amide bonds. The summed E-state index contributed by atoms with van der Waals surface area (Å²) < 4.78 is 6.61. The summed E-state index contributed by atoms with van der Waals surface area (Å²) in [5.41, 5.74) is 1.21. The molecule has 0 bridgehead atoms. The molecule has 0 saturated heterocycles. The molecule has 2 heteroatoms. The van der Waals surface area contributed by atoms with Gasteiger partial charge in [0.25, 0.3) is 0 Å². The highest BCUT2D eigenvalue weighted by atomic mass is 32.1. The number of thiophene rings is 1. The highest BCUT2D eigenvalue weighted by Crippen LogP contribution is 2.30. The fourth-order valence-electron chi connectivity index (χ4n) is 1.52. The van der Waals surface area contributed by atoms with E-state index >= 15 is 0 Å². The number of benzene rings is 1. The molecule has 2 rings (SSSR count). The van der Waals surface area contributed by atoms with E-state index in [2.05, 4.69) is 32.0 Å². The molecular weight excluding hydrogens is 180 g/mol. The van der Waals surface area contributed by atoms with Crippen LogP contribution < -0.4 is 4.74 Å². The Labute approximate surface area is 82.0 Å². The van der Waals surface area contributed by atoms with Gasteiger partial charge in [-0.3, -0.25) is 0 Å². The first-order valence-corrected chi connectivity index (χ1v) is 5.07. The molecule has 0 unspecified atom stereocenters. The van der Waals surface area contributed by atoms with E-state index in [4.69, 9.17) is 4.74 Å². The highest BCUT2D eigenvalue weighted by Gasteiger charge is 2.03. The van der Waals surface area contributed by atoms with Crippen LogP contribution in [0, 0.1) is 13.8 Å². The van der Waals surface area contributed by atoms with E-state index in [1.807, 2.05) is 11.3 Å². The maximum absolute atomic E-state index is 5.27. The Morgan fingerprint density at radius 3 is 2.62 bits per heavy atom. The number of hydrogen-bond acceptors (Lipinski definition) is 2. The van der Waals surface area contributed by atoms with Crippen molar-refractivity contribution in [1.29, 1.82) is 0 Å². The predicted molar refractivity (Wildman–Crippen MR) is 57.9 cm³/mol. The van der Waals surface area contributed by atoms with Crippen molar-refractivity contribution in [3.05, 3.63) is 28.6 Å². The lowest BCUT2D eigenvalue weighted by molar-refractivity contribution is 0.412. The molecule has 0 aliphatic rings. The fourth-order valence-corrected chi connectivity index (χ4v) is 2.52. The largest absolute Gasteiger partial charge is 0.496 e. The van der Waals surface area contributed by atoms with E-state index in [0.29, 0.717) is 0 Å². The van der Waals surface area contributed by atoms with Crippen molar-refractivity contribution in [1.82, 2.24) is 0 Å². The topological polar surface area (TPSA) is 9.23 Å². The number of rotatable bonds is 1. The van der Waals surface area contributed by atoms with Gasteiger partial charge in [-0.25, -0.2) is 0 Å². The van der Waals surface area contributed by atoms with Gasteiger partial charge in [0.2, 0.25) is 0 Å². The average Bonchev–Trinajstić information content (AvgIpc) is 2.42.